The summed E-state index contributed by atoms with van der Waals surface area (Å²) in [7, 11) is 5.75. The summed E-state index contributed by atoms with van der Waals surface area (Å²) in [5.41, 5.74) is 0. The second kappa shape index (κ2) is 7.33. The van der Waals surface area contributed by atoms with Crippen molar-refractivity contribution in [3.63, 3.8) is 0 Å². The van der Waals surface area contributed by atoms with Crippen molar-refractivity contribution in [2.45, 2.75) is 19.3 Å². The maximum absolute atomic E-state index is 12.2. The van der Waals surface area contributed by atoms with Crippen molar-refractivity contribution in [2.75, 3.05) is 47.3 Å². The van der Waals surface area contributed by atoms with Gasteiger partial charge in [-0.15, -0.1) is 0 Å². The minimum Gasteiger partial charge on any atom is -0.481 e. The maximum atomic E-state index is 12.2. The predicted molar refractivity (Wildman–Crippen MR) is 73.1 cm³/mol. The molecular formula is C13H25N3O3. The van der Waals surface area contributed by atoms with Crippen molar-refractivity contribution in [3.8, 4) is 0 Å². The van der Waals surface area contributed by atoms with Gasteiger partial charge in [-0.1, -0.05) is 0 Å². The number of aliphatic carboxylic acids is 1. The summed E-state index contributed by atoms with van der Waals surface area (Å²) in [6.07, 6.45) is 1.95. The Labute approximate surface area is 115 Å². The van der Waals surface area contributed by atoms with Crippen molar-refractivity contribution in [2.24, 2.45) is 5.92 Å². The van der Waals surface area contributed by atoms with Gasteiger partial charge in [0.15, 0.2) is 0 Å². The fourth-order valence-electron chi connectivity index (χ4n) is 2.34. The first-order valence-electron chi connectivity index (χ1n) is 6.76. The minimum atomic E-state index is -0.778. The van der Waals surface area contributed by atoms with Crippen LogP contribution in [-0.2, 0) is 4.79 Å². The first-order valence-corrected chi connectivity index (χ1v) is 6.76. The molecule has 1 saturated heterocycles. The van der Waals surface area contributed by atoms with Crippen LogP contribution >= 0.6 is 0 Å². The van der Waals surface area contributed by atoms with E-state index in [1.807, 2.05) is 19.0 Å². The van der Waals surface area contributed by atoms with E-state index in [0.29, 0.717) is 13.1 Å². The molecule has 0 aromatic rings. The standard InChI is InChI=1S/C13H25N3O3/c1-14(2)7-8-15(3)13(19)16-6-4-5-11(10-16)9-12(17)18/h11H,4-10H2,1-3H3,(H,17,18). The fraction of sp³-hybridized carbons (Fsp3) is 0.846. The van der Waals surface area contributed by atoms with Gasteiger partial charge in [0, 0.05) is 39.6 Å². The van der Waals surface area contributed by atoms with E-state index in [0.717, 1.165) is 25.9 Å². The summed E-state index contributed by atoms with van der Waals surface area (Å²) in [4.78, 5) is 28.5. The lowest BCUT2D eigenvalue weighted by molar-refractivity contribution is -0.138. The van der Waals surface area contributed by atoms with Crippen LogP contribution in [0.25, 0.3) is 0 Å². The van der Waals surface area contributed by atoms with Crippen molar-refractivity contribution in [1.82, 2.24) is 14.7 Å². The number of carbonyl (C=O) groups is 2. The highest BCUT2D eigenvalue weighted by Gasteiger charge is 2.26. The number of carbonyl (C=O) groups excluding carboxylic acids is 1. The second-order valence-corrected chi connectivity index (χ2v) is 5.56. The molecular weight excluding hydrogens is 246 g/mol. The molecule has 2 amide bonds. The van der Waals surface area contributed by atoms with Crippen molar-refractivity contribution in [1.29, 1.82) is 0 Å². The Bertz CT molecular complexity index is 320. The van der Waals surface area contributed by atoms with Gasteiger partial charge in [0.2, 0.25) is 0 Å². The minimum absolute atomic E-state index is 0.0111. The third-order valence-electron chi connectivity index (χ3n) is 3.46. The van der Waals surface area contributed by atoms with Crippen LogP contribution < -0.4 is 0 Å². The summed E-state index contributed by atoms with van der Waals surface area (Å²) in [6, 6.07) is 0.0111. The highest BCUT2D eigenvalue weighted by atomic mass is 16.4. The Morgan fingerprint density at radius 3 is 2.53 bits per heavy atom. The van der Waals surface area contributed by atoms with Crippen LogP contribution in [-0.4, -0.2) is 79.1 Å². The molecule has 0 bridgehead atoms. The second-order valence-electron chi connectivity index (χ2n) is 5.56. The zero-order valence-corrected chi connectivity index (χ0v) is 12.1. The van der Waals surface area contributed by atoms with Crippen LogP contribution in [0.2, 0.25) is 0 Å². The highest BCUT2D eigenvalue weighted by Crippen LogP contribution is 2.20. The van der Waals surface area contributed by atoms with E-state index in [4.69, 9.17) is 5.11 Å². The number of likely N-dealkylation sites (tertiary alicyclic amines) is 1. The smallest absolute Gasteiger partial charge is 0.319 e. The van der Waals surface area contributed by atoms with Crippen LogP contribution in [0.1, 0.15) is 19.3 Å². The first-order chi connectivity index (χ1) is 8.90. The molecule has 1 unspecified atom stereocenters. The van der Waals surface area contributed by atoms with Gasteiger partial charge in [0.25, 0.3) is 0 Å². The van der Waals surface area contributed by atoms with Gasteiger partial charge < -0.3 is 19.8 Å². The van der Waals surface area contributed by atoms with Crippen molar-refractivity contribution >= 4 is 12.0 Å². The average Bonchev–Trinajstić information content (AvgIpc) is 2.34. The molecule has 0 aliphatic carbocycles. The third kappa shape index (κ3) is 5.46. The molecule has 19 heavy (non-hydrogen) atoms. The summed E-state index contributed by atoms with van der Waals surface area (Å²) in [6.45, 7) is 2.82. The number of piperidine rings is 1. The monoisotopic (exact) mass is 271 g/mol. The number of urea groups is 1. The van der Waals surface area contributed by atoms with Gasteiger partial charge in [0.1, 0.15) is 0 Å². The van der Waals surface area contributed by atoms with E-state index in [1.54, 1.807) is 16.8 Å². The molecule has 110 valence electrons. The molecule has 1 fully saturated rings. The largest absolute Gasteiger partial charge is 0.481 e. The molecule has 1 heterocycles. The van der Waals surface area contributed by atoms with E-state index in [9.17, 15) is 9.59 Å². The number of hydrogen-bond donors (Lipinski definition) is 1. The van der Waals surface area contributed by atoms with Gasteiger partial charge in [-0.2, -0.15) is 0 Å². The van der Waals surface area contributed by atoms with Crippen LogP contribution in [0.4, 0.5) is 4.79 Å². The van der Waals surface area contributed by atoms with Crippen molar-refractivity contribution in [3.05, 3.63) is 0 Å². The normalized spacial score (nSPS) is 19.6. The van der Waals surface area contributed by atoms with Crippen LogP contribution in [0.3, 0.4) is 0 Å². The molecule has 1 atom stereocenters. The van der Waals surface area contributed by atoms with E-state index in [1.165, 1.54) is 0 Å². The van der Waals surface area contributed by atoms with Gasteiger partial charge in [-0.25, -0.2) is 4.79 Å². The van der Waals surface area contributed by atoms with Gasteiger partial charge in [-0.05, 0) is 32.9 Å². The van der Waals surface area contributed by atoms with E-state index in [2.05, 4.69) is 0 Å². The molecule has 6 nitrogen and oxygen atoms in total. The Morgan fingerprint density at radius 2 is 1.95 bits per heavy atom. The third-order valence-corrected chi connectivity index (χ3v) is 3.46. The lowest BCUT2D eigenvalue weighted by atomic mass is 9.95. The lowest BCUT2D eigenvalue weighted by Crippen LogP contribution is -2.47. The number of likely N-dealkylation sites (N-methyl/N-ethyl adjacent to an activating group) is 2. The number of nitrogens with zero attached hydrogens (tertiary/aromatic N) is 3. The summed E-state index contributed by atoms with van der Waals surface area (Å²) in [5, 5.41) is 8.83. The molecule has 0 radical (unpaired) electrons. The first kappa shape index (κ1) is 15.8. The van der Waals surface area contributed by atoms with E-state index in [-0.39, 0.29) is 18.4 Å². The van der Waals surface area contributed by atoms with E-state index >= 15 is 0 Å². The summed E-state index contributed by atoms with van der Waals surface area (Å²) in [5.74, 6) is -0.683. The van der Waals surface area contributed by atoms with Crippen molar-refractivity contribution < 1.29 is 14.7 Å². The molecule has 1 N–H and O–H groups in total. The topological polar surface area (TPSA) is 64.1 Å². The maximum Gasteiger partial charge on any atom is 0.319 e. The van der Waals surface area contributed by atoms with Gasteiger partial charge in [-0.3, -0.25) is 4.79 Å². The molecule has 0 spiro atoms. The van der Waals surface area contributed by atoms with Gasteiger partial charge >= 0.3 is 12.0 Å². The Morgan fingerprint density at radius 1 is 1.26 bits per heavy atom. The lowest BCUT2D eigenvalue weighted by Gasteiger charge is -2.35. The number of carboxylic acid groups (broad SMARTS) is 1. The number of amides is 2. The Balaban J connectivity index is 2.44. The number of carboxylic acids is 1. The summed E-state index contributed by atoms with van der Waals surface area (Å²) < 4.78 is 0. The van der Waals surface area contributed by atoms with E-state index < -0.39 is 5.97 Å². The van der Waals surface area contributed by atoms with Crippen LogP contribution in [0.5, 0.6) is 0 Å². The molecule has 6 heteroatoms. The zero-order chi connectivity index (χ0) is 14.4. The Hall–Kier alpha value is -1.30. The molecule has 1 aliphatic heterocycles. The Kier molecular flexibility index (Phi) is 6.08. The number of rotatable bonds is 5. The van der Waals surface area contributed by atoms with Gasteiger partial charge in [0.05, 0.1) is 0 Å². The van der Waals surface area contributed by atoms with Crippen LogP contribution in [0.15, 0.2) is 0 Å². The summed E-state index contributed by atoms with van der Waals surface area (Å²) >= 11 is 0. The molecule has 1 aliphatic rings. The molecule has 0 saturated carbocycles. The quantitative estimate of drug-likeness (QED) is 0.803. The SMILES string of the molecule is CN(C)CCN(C)C(=O)N1CCCC(CC(=O)O)C1. The molecule has 0 aromatic heterocycles. The predicted octanol–water partition coefficient (Wildman–Crippen LogP) is 0.786. The molecule has 0 aromatic carbocycles. The van der Waals surface area contributed by atoms with Crippen LogP contribution in [0, 0.1) is 5.92 Å². The zero-order valence-electron chi connectivity index (χ0n) is 12.1. The average molecular weight is 271 g/mol. The molecule has 1 rings (SSSR count). The fourth-order valence-corrected chi connectivity index (χ4v) is 2.34. The highest BCUT2D eigenvalue weighted by molar-refractivity contribution is 5.74. The number of hydrogen-bond acceptors (Lipinski definition) is 3.